The molecule has 70 valence electrons. The molecule has 0 aromatic rings. The average molecular weight is 160 g/mol. The van der Waals surface area contributed by atoms with Crippen molar-refractivity contribution in [1.82, 2.24) is 0 Å². The molecule has 1 heteroatoms. The summed E-state index contributed by atoms with van der Waals surface area (Å²) in [5.41, 5.74) is 0. The van der Waals surface area contributed by atoms with E-state index in [9.17, 15) is 0 Å². The molecule has 0 saturated heterocycles. The largest absolute Gasteiger partial charge is 0.393 e. The lowest BCUT2D eigenvalue weighted by Crippen LogP contribution is -1.95. The van der Waals surface area contributed by atoms with Crippen molar-refractivity contribution in [2.24, 2.45) is 11.8 Å². The molecule has 0 rings (SSSR count). The van der Waals surface area contributed by atoms with E-state index in [1.807, 2.05) is 6.92 Å². The zero-order chi connectivity index (χ0) is 9.44. The van der Waals surface area contributed by atoms with Gasteiger partial charge in [0, 0.05) is 0 Å². The molecule has 1 N–H and O–H groups in total. The molecule has 11 heavy (non-hydrogen) atoms. The van der Waals surface area contributed by atoms with Gasteiger partial charge in [-0.1, -0.05) is 34.6 Å². The van der Waals surface area contributed by atoms with Gasteiger partial charge >= 0.3 is 0 Å². The summed E-state index contributed by atoms with van der Waals surface area (Å²) in [5, 5.41) is 8.36. The van der Waals surface area contributed by atoms with Crippen molar-refractivity contribution in [3.63, 3.8) is 0 Å². The normalized spacial score (nSPS) is 12.8. The van der Waals surface area contributed by atoms with E-state index in [4.69, 9.17) is 5.11 Å². The number of hydrogen-bond donors (Lipinski definition) is 1. The maximum absolute atomic E-state index is 8.36. The molecule has 0 aliphatic rings. The summed E-state index contributed by atoms with van der Waals surface area (Å²) in [6, 6.07) is 0. The minimum Gasteiger partial charge on any atom is -0.393 e. The van der Waals surface area contributed by atoms with Crippen LogP contribution >= 0.6 is 0 Å². The van der Waals surface area contributed by atoms with Crippen LogP contribution in [0.1, 0.15) is 48.0 Å². The van der Waals surface area contributed by atoms with Gasteiger partial charge in [-0.3, -0.25) is 0 Å². The summed E-state index contributed by atoms with van der Waals surface area (Å²) in [6.45, 7) is 12.7. The molecular weight excluding hydrogens is 136 g/mol. The van der Waals surface area contributed by atoms with E-state index >= 15 is 0 Å². The highest BCUT2D eigenvalue weighted by atomic mass is 16.3. The number of aliphatic hydroxyl groups is 1. The van der Waals surface area contributed by atoms with Crippen LogP contribution in [0.15, 0.2) is 0 Å². The fourth-order valence-corrected chi connectivity index (χ4v) is 0. The van der Waals surface area contributed by atoms with Gasteiger partial charge in [0.15, 0.2) is 0 Å². The zero-order valence-corrected chi connectivity index (χ0v) is 8.89. The van der Waals surface area contributed by atoms with Crippen LogP contribution in [0.4, 0.5) is 0 Å². The fourth-order valence-electron chi connectivity index (χ4n) is 0. The van der Waals surface area contributed by atoms with Crippen molar-refractivity contribution in [1.29, 1.82) is 0 Å². The fraction of sp³-hybridized carbons (Fsp3) is 1.00. The van der Waals surface area contributed by atoms with Gasteiger partial charge < -0.3 is 5.11 Å². The first-order valence-electron chi connectivity index (χ1n) is 4.59. The molecule has 0 saturated carbocycles. The lowest BCUT2D eigenvalue weighted by atomic mass is 10.0. The van der Waals surface area contributed by atoms with Crippen LogP contribution in [0.25, 0.3) is 0 Å². The molecule has 1 unspecified atom stereocenters. The standard InChI is InChI=1S/C6H14.C4H10O/c1-5(2)6(3)4;1-3-4(2)5/h5-6H,1-4H3;4-5H,3H2,1-2H3. The minimum atomic E-state index is -0.116. The molecule has 1 nitrogen and oxygen atoms in total. The monoisotopic (exact) mass is 160 g/mol. The second-order valence-electron chi connectivity index (χ2n) is 3.75. The summed E-state index contributed by atoms with van der Waals surface area (Å²) in [4.78, 5) is 0. The first-order chi connectivity index (χ1) is 4.91. The van der Waals surface area contributed by atoms with Gasteiger partial charge in [-0.2, -0.15) is 0 Å². The van der Waals surface area contributed by atoms with Gasteiger partial charge in [0.1, 0.15) is 0 Å². The number of hydrogen-bond acceptors (Lipinski definition) is 1. The molecule has 1 atom stereocenters. The molecule has 0 radical (unpaired) electrons. The molecule has 0 aliphatic carbocycles. The van der Waals surface area contributed by atoms with Crippen LogP contribution in [0.3, 0.4) is 0 Å². The maximum atomic E-state index is 8.36. The van der Waals surface area contributed by atoms with Crippen LogP contribution in [-0.4, -0.2) is 11.2 Å². The third kappa shape index (κ3) is 17.8. The Morgan fingerprint density at radius 1 is 0.909 bits per heavy atom. The Labute approximate surface area is 71.8 Å². The Hall–Kier alpha value is -0.0400. The summed E-state index contributed by atoms with van der Waals surface area (Å²) < 4.78 is 0. The van der Waals surface area contributed by atoms with E-state index < -0.39 is 0 Å². The molecule has 0 aromatic carbocycles. The number of aliphatic hydroxyl groups excluding tert-OH is 1. The Bertz CT molecular complexity index is 59.3. The van der Waals surface area contributed by atoms with E-state index in [1.54, 1.807) is 6.92 Å². The summed E-state index contributed by atoms with van der Waals surface area (Å²) in [6.07, 6.45) is 0.745. The molecule has 0 amide bonds. The molecular formula is C10H24O. The van der Waals surface area contributed by atoms with Gasteiger partial charge in [0.05, 0.1) is 6.10 Å². The van der Waals surface area contributed by atoms with Crippen molar-refractivity contribution >= 4 is 0 Å². The average Bonchev–Trinajstić information content (AvgIpc) is 1.89. The van der Waals surface area contributed by atoms with Gasteiger partial charge in [-0.25, -0.2) is 0 Å². The quantitative estimate of drug-likeness (QED) is 0.658. The Kier molecular flexibility index (Phi) is 9.92. The van der Waals surface area contributed by atoms with Crippen molar-refractivity contribution in [3.8, 4) is 0 Å². The van der Waals surface area contributed by atoms with Crippen LogP contribution in [0, 0.1) is 11.8 Å². The summed E-state index contributed by atoms with van der Waals surface area (Å²) >= 11 is 0. The molecule has 0 bridgehead atoms. The van der Waals surface area contributed by atoms with Crippen molar-refractivity contribution in [3.05, 3.63) is 0 Å². The highest BCUT2D eigenvalue weighted by Crippen LogP contribution is 2.05. The molecule has 0 heterocycles. The highest BCUT2D eigenvalue weighted by Gasteiger charge is 1.95. The van der Waals surface area contributed by atoms with Gasteiger partial charge in [-0.05, 0) is 25.2 Å². The van der Waals surface area contributed by atoms with Crippen LogP contribution in [0.2, 0.25) is 0 Å². The van der Waals surface area contributed by atoms with Gasteiger partial charge in [0.25, 0.3) is 0 Å². The summed E-state index contributed by atoms with van der Waals surface area (Å²) in [7, 11) is 0. The van der Waals surface area contributed by atoms with E-state index in [2.05, 4.69) is 27.7 Å². The predicted molar refractivity (Wildman–Crippen MR) is 51.6 cm³/mol. The Morgan fingerprint density at radius 2 is 1.09 bits per heavy atom. The second kappa shape index (κ2) is 8.06. The van der Waals surface area contributed by atoms with Crippen LogP contribution in [-0.2, 0) is 0 Å². The molecule has 0 spiro atoms. The van der Waals surface area contributed by atoms with Crippen LogP contribution < -0.4 is 0 Å². The lowest BCUT2D eigenvalue weighted by molar-refractivity contribution is 0.191. The summed E-state index contributed by atoms with van der Waals surface area (Å²) in [5.74, 6) is 1.70. The molecule has 0 aliphatic heterocycles. The van der Waals surface area contributed by atoms with E-state index in [0.717, 1.165) is 18.3 Å². The molecule has 0 aromatic heterocycles. The third-order valence-corrected chi connectivity index (χ3v) is 1.92. The van der Waals surface area contributed by atoms with Crippen molar-refractivity contribution < 1.29 is 5.11 Å². The van der Waals surface area contributed by atoms with Gasteiger partial charge in [-0.15, -0.1) is 0 Å². The lowest BCUT2D eigenvalue weighted by Gasteiger charge is -2.05. The SMILES string of the molecule is CC(C)C(C)C.CCC(C)O. The van der Waals surface area contributed by atoms with Crippen LogP contribution in [0.5, 0.6) is 0 Å². The zero-order valence-electron chi connectivity index (χ0n) is 8.89. The topological polar surface area (TPSA) is 20.2 Å². The predicted octanol–water partition coefficient (Wildman–Crippen LogP) is 3.08. The molecule has 0 fully saturated rings. The van der Waals surface area contributed by atoms with Crippen molar-refractivity contribution in [2.45, 2.75) is 54.1 Å². The Morgan fingerprint density at radius 3 is 1.09 bits per heavy atom. The number of rotatable bonds is 2. The van der Waals surface area contributed by atoms with E-state index in [0.29, 0.717) is 0 Å². The maximum Gasteiger partial charge on any atom is 0.0509 e. The first-order valence-corrected chi connectivity index (χ1v) is 4.59. The van der Waals surface area contributed by atoms with E-state index in [1.165, 1.54) is 0 Å². The third-order valence-electron chi connectivity index (χ3n) is 1.92. The van der Waals surface area contributed by atoms with E-state index in [-0.39, 0.29) is 6.10 Å². The highest BCUT2D eigenvalue weighted by molar-refractivity contribution is 4.46. The van der Waals surface area contributed by atoms with Gasteiger partial charge in [0.2, 0.25) is 0 Å². The smallest absolute Gasteiger partial charge is 0.0509 e. The second-order valence-corrected chi connectivity index (χ2v) is 3.75. The Balaban J connectivity index is 0. The van der Waals surface area contributed by atoms with Crippen molar-refractivity contribution in [2.75, 3.05) is 0 Å². The minimum absolute atomic E-state index is 0.116. The first kappa shape index (κ1) is 13.5.